The first-order valence-electron chi connectivity index (χ1n) is 13.6. The number of hydrogen-bond donors (Lipinski definition) is 4. The molecule has 0 aliphatic carbocycles. The van der Waals surface area contributed by atoms with E-state index < -0.39 is 23.9 Å². The Morgan fingerprint density at radius 1 is 1.07 bits per heavy atom. The first-order valence-corrected chi connectivity index (χ1v) is 13.6. The first-order chi connectivity index (χ1) is 19.7. The molecule has 0 saturated carbocycles. The molecule has 13 heteroatoms. The highest BCUT2D eigenvalue weighted by Crippen LogP contribution is 2.28. The summed E-state index contributed by atoms with van der Waals surface area (Å²) in [7, 11) is 0. The van der Waals surface area contributed by atoms with Gasteiger partial charge in [0, 0.05) is 45.2 Å². The highest BCUT2D eigenvalue weighted by molar-refractivity contribution is 5.90. The summed E-state index contributed by atoms with van der Waals surface area (Å²) in [5.41, 5.74) is 13.4. The third kappa shape index (κ3) is 8.30. The lowest BCUT2D eigenvalue weighted by atomic mass is 10.1. The minimum Gasteiger partial charge on any atom is -0.442 e. The van der Waals surface area contributed by atoms with E-state index in [0.717, 1.165) is 17.7 Å². The monoisotopic (exact) mass is 569 g/mol. The fraction of sp³-hybridized carbons (Fsp3) is 0.429. The summed E-state index contributed by atoms with van der Waals surface area (Å²) in [6.45, 7) is 3.84. The Morgan fingerprint density at radius 2 is 1.80 bits per heavy atom. The summed E-state index contributed by atoms with van der Waals surface area (Å²) in [6, 6.07) is 12.3. The van der Waals surface area contributed by atoms with Crippen molar-refractivity contribution in [3.8, 4) is 0 Å². The number of carbonyl (C=O) groups is 4. The van der Waals surface area contributed by atoms with Crippen molar-refractivity contribution < 1.29 is 28.3 Å². The van der Waals surface area contributed by atoms with Gasteiger partial charge in [0.15, 0.2) is 0 Å². The maximum atomic E-state index is 15.1. The number of benzene rings is 2. The SMILES string of the molecule is CC(=O)NC[C@H]1CN(c2ccc(N3CCN(C(=O)CCCc4ccc(NNCC(N)=O)cc4)CC3)c(F)c2)C(=O)O1. The van der Waals surface area contributed by atoms with Crippen LogP contribution in [0.5, 0.6) is 0 Å². The van der Waals surface area contributed by atoms with Gasteiger partial charge in [0.2, 0.25) is 17.7 Å². The van der Waals surface area contributed by atoms with E-state index in [1.165, 1.54) is 17.9 Å². The molecule has 0 spiro atoms. The Morgan fingerprint density at radius 3 is 2.46 bits per heavy atom. The van der Waals surface area contributed by atoms with Crippen LogP contribution >= 0.6 is 0 Å². The molecule has 4 rings (SSSR count). The standard InChI is InChI=1S/C28H36FN7O5/c1-19(37)31-16-23-18-36(28(40)41-23)22-9-10-25(24(29)15-22)34-11-13-35(14-12-34)27(39)4-2-3-20-5-7-21(8-6-20)33-32-17-26(30)38/h5-10,15,23,32-33H,2-4,11-14,16-18H2,1H3,(H2,30,38)(H,31,37)/t23-/m0/s1. The van der Waals surface area contributed by atoms with Gasteiger partial charge >= 0.3 is 6.09 Å². The molecule has 2 heterocycles. The van der Waals surface area contributed by atoms with Crippen molar-refractivity contribution in [3.05, 3.63) is 53.8 Å². The Labute approximate surface area is 237 Å². The second kappa shape index (κ2) is 13.8. The number of hydrogen-bond acceptors (Lipinski definition) is 8. The van der Waals surface area contributed by atoms with Gasteiger partial charge in [0.1, 0.15) is 11.9 Å². The molecule has 5 N–H and O–H groups in total. The number of halogens is 1. The molecule has 220 valence electrons. The number of nitrogens with zero attached hydrogens (tertiary/aromatic N) is 3. The van der Waals surface area contributed by atoms with Crippen molar-refractivity contribution in [2.24, 2.45) is 5.73 Å². The molecule has 0 bridgehead atoms. The molecule has 2 saturated heterocycles. The number of hydrazine groups is 1. The Kier molecular flexibility index (Phi) is 9.95. The molecule has 2 aromatic carbocycles. The summed E-state index contributed by atoms with van der Waals surface area (Å²) in [5, 5.41) is 2.62. The Balaban J connectivity index is 1.20. The molecule has 0 radical (unpaired) electrons. The predicted molar refractivity (Wildman–Crippen MR) is 152 cm³/mol. The zero-order valence-electron chi connectivity index (χ0n) is 23.0. The topological polar surface area (TPSA) is 149 Å². The summed E-state index contributed by atoms with van der Waals surface area (Å²) < 4.78 is 20.3. The van der Waals surface area contributed by atoms with Gasteiger partial charge in [-0.05, 0) is 48.7 Å². The molecule has 2 aliphatic rings. The van der Waals surface area contributed by atoms with E-state index >= 15 is 4.39 Å². The number of ether oxygens (including phenoxy) is 1. The molecule has 0 aromatic heterocycles. The fourth-order valence-corrected chi connectivity index (χ4v) is 4.80. The van der Waals surface area contributed by atoms with Crippen molar-refractivity contribution in [3.63, 3.8) is 0 Å². The summed E-state index contributed by atoms with van der Waals surface area (Å²) in [6.07, 6.45) is 0.824. The van der Waals surface area contributed by atoms with E-state index in [4.69, 9.17) is 10.5 Å². The second-order valence-corrected chi connectivity index (χ2v) is 10.1. The number of anilines is 3. The lowest BCUT2D eigenvalue weighted by molar-refractivity contribution is -0.131. The summed E-state index contributed by atoms with van der Waals surface area (Å²) in [5.74, 6) is -1.05. The van der Waals surface area contributed by atoms with Gasteiger partial charge in [-0.25, -0.2) is 14.6 Å². The van der Waals surface area contributed by atoms with Gasteiger partial charge in [0.25, 0.3) is 0 Å². The maximum Gasteiger partial charge on any atom is 0.414 e. The smallest absolute Gasteiger partial charge is 0.414 e. The molecule has 1 atom stereocenters. The van der Waals surface area contributed by atoms with Crippen LogP contribution in [-0.4, -0.2) is 80.6 Å². The second-order valence-electron chi connectivity index (χ2n) is 10.1. The van der Waals surface area contributed by atoms with Crippen molar-refractivity contribution in [2.75, 3.05) is 61.0 Å². The van der Waals surface area contributed by atoms with Crippen LogP contribution in [0.2, 0.25) is 0 Å². The molecule has 2 aliphatic heterocycles. The predicted octanol–water partition coefficient (Wildman–Crippen LogP) is 1.36. The number of cyclic esters (lactones) is 1. The quantitative estimate of drug-likeness (QED) is 0.280. The Hall–Kier alpha value is -4.39. The van der Waals surface area contributed by atoms with E-state index in [1.807, 2.05) is 34.1 Å². The van der Waals surface area contributed by atoms with Gasteiger partial charge in [0.05, 0.1) is 31.0 Å². The zero-order valence-corrected chi connectivity index (χ0v) is 23.0. The zero-order chi connectivity index (χ0) is 29.4. The average molecular weight is 570 g/mol. The average Bonchev–Trinajstić information content (AvgIpc) is 3.33. The molecule has 0 unspecified atom stereocenters. The number of nitrogens with one attached hydrogen (secondary N) is 3. The van der Waals surface area contributed by atoms with Crippen LogP contribution < -0.4 is 31.7 Å². The van der Waals surface area contributed by atoms with Gasteiger partial charge in [-0.3, -0.25) is 19.3 Å². The highest BCUT2D eigenvalue weighted by Gasteiger charge is 2.33. The first kappa shape index (κ1) is 29.6. The van der Waals surface area contributed by atoms with Crippen LogP contribution in [0.15, 0.2) is 42.5 Å². The van der Waals surface area contributed by atoms with Crippen LogP contribution in [0.1, 0.15) is 25.3 Å². The van der Waals surface area contributed by atoms with Crippen molar-refractivity contribution >= 4 is 40.9 Å². The van der Waals surface area contributed by atoms with Crippen LogP contribution in [0.4, 0.5) is 26.2 Å². The molecule has 2 fully saturated rings. The largest absolute Gasteiger partial charge is 0.442 e. The molecular formula is C28H36FN7O5. The van der Waals surface area contributed by atoms with Gasteiger partial charge in [-0.1, -0.05) is 12.1 Å². The van der Waals surface area contributed by atoms with Crippen molar-refractivity contribution in [1.29, 1.82) is 0 Å². The number of aryl methyl sites for hydroxylation is 1. The van der Waals surface area contributed by atoms with E-state index in [-0.39, 0.29) is 31.4 Å². The van der Waals surface area contributed by atoms with Crippen molar-refractivity contribution in [2.45, 2.75) is 32.3 Å². The van der Waals surface area contributed by atoms with Crippen LogP contribution in [0.3, 0.4) is 0 Å². The summed E-state index contributed by atoms with van der Waals surface area (Å²) >= 11 is 0. The highest BCUT2D eigenvalue weighted by atomic mass is 19.1. The van der Waals surface area contributed by atoms with E-state index in [9.17, 15) is 19.2 Å². The number of nitrogens with two attached hydrogens (primary N) is 1. The third-order valence-corrected chi connectivity index (χ3v) is 6.97. The number of carbonyl (C=O) groups excluding carboxylic acids is 4. The molecular weight excluding hydrogens is 533 g/mol. The molecule has 12 nitrogen and oxygen atoms in total. The van der Waals surface area contributed by atoms with E-state index in [0.29, 0.717) is 50.4 Å². The fourth-order valence-electron chi connectivity index (χ4n) is 4.80. The number of amides is 4. The van der Waals surface area contributed by atoms with Gasteiger partial charge in [-0.2, -0.15) is 0 Å². The lowest BCUT2D eigenvalue weighted by Gasteiger charge is -2.36. The maximum absolute atomic E-state index is 15.1. The minimum absolute atomic E-state index is 0.0272. The van der Waals surface area contributed by atoms with E-state index in [1.54, 1.807) is 12.1 Å². The minimum atomic E-state index is -0.581. The van der Waals surface area contributed by atoms with Crippen LogP contribution in [0.25, 0.3) is 0 Å². The van der Waals surface area contributed by atoms with Crippen LogP contribution in [-0.2, 0) is 25.5 Å². The molecule has 4 amide bonds. The normalized spacial score (nSPS) is 16.9. The third-order valence-electron chi connectivity index (χ3n) is 6.97. The van der Waals surface area contributed by atoms with Gasteiger partial charge < -0.3 is 31.0 Å². The summed E-state index contributed by atoms with van der Waals surface area (Å²) in [4.78, 5) is 52.0. The van der Waals surface area contributed by atoms with Gasteiger partial charge in [-0.15, -0.1) is 0 Å². The number of piperazine rings is 1. The van der Waals surface area contributed by atoms with Crippen molar-refractivity contribution in [1.82, 2.24) is 15.6 Å². The number of primary amides is 1. The van der Waals surface area contributed by atoms with Crippen LogP contribution in [0, 0.1) is 5.82 Å². The Bertz CT molecular complexity index is 1250. The van der Waals surface area contributed by atoms with E-state index in [2.05, 4.69) is 16.2 Å². The molecule has 41 heavy (non-hydrogen) atoms. The molecule has 2 aromatic rings. The number of rotatable bonds is 12. The lowest BCUT2D eigenvalue weighted by Crippen LogP contribution is -2.49.